The normalized spacial score (nSPS) is 10.4. The van der Waals surface area contributed by atoms with Crippen molar-refractivity contribution >= 4 is 34.0 Å². The lowest BCUT2D eigenvalue weighted by molar-refractivity contribution is 0.102. The number of carbonyl (C=O) groups excluding carboxylic acids is 2. The molecule has 0 fully saturated rings. The maximum Gasteiger partial charge on any atom is 0.259 e. The third kappa shape index (κ3) is 4.09. The summed E-state index contributed by atoms with van der Waals surface area (Å²) in [7, 11) is 0. The van der Waals surface area contributed by atoms with Gasteiger partial charge in [-0.2, -0.15) is 0 Å². The van der Waals surface area contributed by atoms with Crippen LogP contribution >= 0.6 is 11.3 Å². The summed E-state index contributed by atoms with van der Waals surface area (Å²) in [6.45, 7) is 1.95. The predicted molar refractivity (Wildman–Crippen MR) is 98.0 cm³/mol. The molecule has 0 saturated carbocycles. The Morgan fingerprint density at radius 2 is 1.73 bits per heavy atom. The van der Waals surface area contributed by atoms with Crippen molar-refractivity contribution in [2.75, 3.05) is 10.6 Å². The van der Waals surface area contributed by atoms with Crippen molar-refractivity contribution in [3.8, 4) is 0 Å². The number of hydrogen-bond acceptors (Lipinski definition) is 5. The summed E-state index contributed by atoms with van der Waals surface area (Å²) in [6, 6.07) is 11.8. The lowest BCUT2D eigenvalue weighted by atomic mass is 10.1. The summed E-state index contributed by atoms with van der Waals surface area (Å²) in [5, 5.41) is 14.4. The predicted octanol–water partition coefficient (Wildman–Crippen LogP) is 3.74. The zero-order valence-corrected chi connectivity index (χ0v) is 14.6. The van der Waals surface area contributed by atoms with Crippen LogP contribution in [-0.4, -0.2) is 22.0 Å². The van der Waals surface area contributed by atoms with Gasteiger partial charge in [-0.25, -0.2) is 4.39 Å². The van der Waals surface area contributed by atoms with E-state index >= 15 is 0 Å². The summed E-state index contributed by atoms with van der Waals surface area (Å²) >= 11 is 1.30. The Hall–Kier alpha value is -3.13. The molecular weight excluding hydrogens is 355 g/mol. The molecule has 26 heavy (non-hydrogen) atoms. The minimum absolute atomic E-state index is 0.288. The molecule has 2 amide bonds. The SMILES string of the molecule is CCc1nnc(NC(=O)c2ccccc2NC(=O)c2ccc(F)cc2)s1. The zero-order chi connectivity index (χ0) is 18.5. The number of nitrogens with one attached hydrogen (secondary N) is 2. The smallest absolute Gasteiger partial charge is 0.259 e. The van der Waals surface area contributed by atoms with Gasteiger partial charge in [0.1, 0.15) is 10.8 Å². The molecule has 0 saturated heterocycles. The quantitative estimate of drug-likeness (QED) is 0.716. The summed E-state index contributed by atoms with van der Waals surface area (Å²) in [4.78, 5) is 24.8. The first-order valence-corrected chi connectivity index (χ1v) is 8.68. The monoisotopic (exact) mass is 370 g/mol. The fourth-order valence-corrected chi connectivity index (χ4v) is 2.87. The largest absolute Gasteiger partial charge is 0.321 e. The molecule has 2 aromatic carbocycles. The standard InChI is InChI=1S/C18H15FN4O2S/c1-2-15-22-23-18(26-15)21-17(25)13-5-3-4-6-14(13)20-16(24)11-7-9-12(19)10-8-11/h3-10H,2H2,1H3,(H,20,24)(H,21,23,25). The Morgan fingerprint density at radius 3 is 2.42 bits per heavy atom. The Morgan fingerprint density at radius 1 is 1.00 bits per heavy atom. The van der Waals surface area contributed by atoms with Crippen molar-refractivity contribution in [1.82, 2.24) is 10.2 Å². The fourth-order valence-electron chi connectivity index (χ4n) is 2.20. The first-order chi connectivity index (χ1) is 12.6. The number of anilines is 2. The highest BCUT2D eigenvalue weighted by Gasteiger charge is 2.16. The third-order valence-corrected chi connectivity index (χ3v) is 4.50. The van der Waals surface area contributed by atoms with E-state index in [1.54, 1.807) is 24.3 Å². The maximum absolute atomic E-state index is 13.0. The number of aryl methyl sites for hydroxylation is 1. The average Bonchev–Trinajstić information content (AvgIpc) is 3.10. The van der Waals surface area contributed by atoms with Crippen LogP contribution < -0.4 is 10.6 Å². The highest BCUT2D eigenvalue weighted by Crippen LogP contribution is 2.20. The second-order valence-corrected chi connectivity index (χ2v) is 6.38. The number of carbonyl (C=O) groups is 2. The number of rotatable bonds is 5. The number of amides is 2. The van der Waals surface area contributed by atoms with E-state index in [4.69, 9.17) is 0 Å². The van der Waals surface area contributed by atoms with Crippen LogP contribution in [0, 0.1) is 5.82 Å². The molecule has 132 valence electrons. The Balaban J connectivity index is 1.77. The molecule has 0 aliphatic rings. The van der Waals surface area contributed by atoms with Gasteiger partial charge in [-0.05, 0) is 42.8 Å². The first-order valence-electron chi connectivity index (χ1n) is 7.86. The topological polar surface area (TPSA) is 84.0 Å². The van der Waals surface area contributed by atoms with Gasteiger partial charge in [0.2, 0.25) is 5.13 Å². The van der Waals surface area contributed by atoms with Crippen LogP contribution in [0.5, 0.6) is 0 Å². The third-order valence-electron chi connectivity index (χ3n) is 3.52. The lowest BCUT2D eigenvalue weighted by Crippen LogP contribution is -2.18. The van der Waals surface area contributed by atoms with Crippen molar-refractivity contribution < 1.29 is 14.0 Å². The van der Waals surface area contributed by atoms with Gasteiger partial charge >= 0.3 is 0 Å². The Bertz CT molecular complexity index is 940. The second kappa shape index (κ2) is 7.83. The van der Waals surface area contributed by atoms with Crippen LogP contribution in [0.4, 0.5) is 15.2 Å². The molecule has 3 rings (SSSR count). The molecule has 6 nitrogen and oxygen atoms in total. The van der Waals surface area contributed by atoms with Gasteiger partial charge in [0, 0.05) is 5.56 Å². The molecule has 0 aliphatic heterocycles. The summed E-state index contributed by atoms with van der Waals surface area (Å²) in [5.41, 5.74) is 0.925. The van der Waals surface area contributed by atoms with Gasteiger partial charge in [-0.1, -0.05) is 30.4 Å². The molecular formula is C18H15FN4O2S. The molecule has 3 aromatic rings. The maximum atomic E-state index is 13.0. The van der Waals surface area contributed by atoms with Crippen LogP contribution in [0.15, 0.2) is 48.5 Å². The molecule has 2 N–H and O–H groups in total. The summed E-state index contributed by atoms with van der Waals surface area (Å²) in [5.74, 6) is -1.27. The fraction of sp³-hybridized carbons (Fsp3) is 0.111. The number of nitrogens with zero attached hydrogens (tertiary/aromatic N) is 2. The minimum Gasteiger partial charge on any atom is -0.321 e. The van der Waals surface area contributed by atoms with Gasteiger partial charge < -0.3 is 5.32 Å². The van der Waals surface area contributed by atoms with Gasteiger partial charge in [0.05, 0.1) is 11.3 Å². The van der Waals surface area contributed by atoms with E-state index in [0.29, 0.717) is 16.4 Å². The number of aromatic nitrogens is 2. The Kier molecular flexibility index (Phi) is 5.33. The second-order valence-electron chi connectivity index (χ2n) is 5.32. The number of benzene rings is 2. The number of hydrogen-bond donors (Lipinski definition) is 2. The first kappa shape index (κ1) is 17.7. The molecule has 0 spiro atoms. The van der Waals surface area contributed by atoms with E-state index in [-0.39, 0.29) is 5.56 Å². The van der Waals surface area contributed by atoms with Crippen LogP contribution in [0.25, 0.3) is 0 Å². The van der Waals surface area contributed by atoms with Gasteiger partial charge in [-0.15, -0.1) is 10.2 Å². The minimum atomic E-state index is -0.436. The van der Waals surface area contributed by atoms with Crippen molar-refractivity contribution in [2.45, 2.75) is 13.3 Å². The van der Waals surface area contributed by atoms with Crippen molar-refractivity contribution in [2.24, 2.45) is 0 Å². The molecule has 1 aromatic heterocycles. The molecule has 1 heterocycles. The van der Waals surface area contributed by atoms with E-state index in [1.807, 2.05) is 6.92 Å². The zero-order valence-electron chi connectivity index (χ0n) is 13.8. The van der Waals surface area contributed by atoms with Crippen LogP contribution in [0.2, 0.25) is 0 Å². The lowest BCUT2D eigenvalue weighted by Gasteiger charge is -2.10. The molecule has 0 unspecified atom stereocenters. The average molecular weight is 370 g/mol. The Labute approximate surface area is 153 Å². The molecule has 0 radical (unpaired) electrons. The van der Waals surface area contributed by atoms with E-state index in [1.165, 1.54) is 35.6 Å². The van der Waals surface area contributed by atoms with Gasteiger partial charge in [-0.3, -0.25) is 14.9 Å². The van der Waals surface area contributed by atoms with Crippen molar-refractivity contribution in [1.29, 1.82) is 0 Å². The molecule has 0 atom stereocenters. The molecule has 8 heteroatoms. The number of halogens is 1. The van der Waals surface area contributed by atoms with Crippen LogP contribution in [0.1, 0.15) is 32.6 Å². The summed E-state index contributed by atoms with van der Waals surface area (Å²) < 4.78 is 13.0. The van der Waals surface area contributed by atoms with Crippen molar-refractivity contribution in [3.63, 3.8) is 0 Å². The highest BCUT2D eigenvalue weighted by atomic mass is 32.1. The van der Waals surface area contributed by atoms with E-state index < -0.39 is 17.6 Å². The summed E-state index contributed by atoms with van der Waals surface area (Å²) in [6.07, 6.45) is 0.734. The highest BCUT2D eigenvalue weighted by molar-refractivity contribution is 7.15. The van der Waals surface area contributed by atoms with Crippen LogP contribution in [0.3, 0.4) is 0 Å². The van der Waals surface area contributed by atoms with E-state index in [9.17, 15) is 14.0 Å². The van der Waals surface area contributed by atoms with Gasteiger partial charge in [0.25, 0.3) is 11.8 Å². The van der Waals surface area contributed by atoms with Crippen LogP contribution in [-0.2, 0) is 6.42 Å². The van der Waals surface area contributed by atoms with E-state index in [0.717, 1.165) is 11.4 Å². The van der Waals surface area contributed by atoms with Gasteiger partial charge in [0.15, 0.2) is 0 Å². The molecule has 0 aliphatic carbocycles. The van der Waals surface area contributed by atoms with Crippen molar-refractivity contribution in [3.05, 3.63) is 70.5 Å². The molecule has 0 bridgehead atoms. The van der Waals surface area contributed by atoms with E-state index in [2.05, 4.69) is 20.8 Å². The number of para-hydroxylation sites is 1.